The van der Waals surface area contributed by atoms with Gasteiger partial charge in [-0.1, -0.05) is 18.2 Å². The van der Waals surface area contributed by atoms with Crippen molar-refractivity contribution in [2.75, 3.05) is 28.5 Å². The van der Waals surface area contributed by atoms with Crippen LogP contribution in [0.25, 0.3) is 0 Å². The molecule has 1 amide bonds. The molecule has 4 aromatic carbocycles. The summed E-state index contributed by atoms with van der Waals surface area (Å²) in [6.07, 6.45) is 0. The summed E-state index contributed by atoms with van der Waals surface area (Å²) in [5.41, 5.74) is 1.51. The molecule has 0 aromatic heterocycles. The lowest BCUT2D eigenvalue weighted by atomic mass is 10.2. The van der Waals surface area contributed by atoms with Crippen LogP contribution in [0.3, 0.4) is 0 Å². The first-order valence-corrected chi connectivity index (χ1v) is 14.2. The van der Waals surface area contributed by atoms with E-state index in [1.807, 2.05) is 0 Å². The molecule has 0 atom stereocenters. The lowest BCUT2D eigenvalue weighted by Gasteiger charge is -2.20. The Balaban J connectivity index is 1.42. The van der Waals surface area contributed by atoms with Gasteiger partial charge in [0.05, 0.1) is 22.6 Å². The van der Waals surface area contributed by atoms with Gasteiger partial charge in [0.15, 0.2) is 0 Å². The first-order chi connectivity index (χ1) is 18.1. The fraction of sp³-hybridized carbons (Fsp3) is 0.0741. The van der Waals surface area contributed by atoms with E-state index < -0.39 is 26.0 Å². The molecule has 0 spiro atoms. The lowest BCUT2D eigenvalue weighted by Crippen LogP contribution is -2.26. The van der Waals surface area contributed by atoms with Crippen LogP contribution in [-0.2, 0) is 20.0 Å². The van der Waals surface area contributed by atoms with Crippen molar-refractivity contribution in [3.05, 3.63) is 109 Å². The number of carbonyl (C=O) groups is 1. The molecule has 4 aromatic rings. The second-order valence-electron chi connectivity index (χ2n) is 8.14. The number of nitrogens with one attached hydrogen (secondary N) is 2. The minimum Gasteiger partial charge on any atom is -0.497 e. The fourth-order valence-corrected chi connectivity index (χ4v) is 5.76. The molecule has 4 rings (SSSR count). The average Bonchev–Trinajstić information content (AvgIpc) is 2.93. The SMILES string of the molecule is COc1ccc(S(=O)(=O)N(C)c2ccc(C(=O)Nc3ccc(S(=O)(=O)Nc4ccccc4)cc3)cc2)cc1. The van der Waals surface area contributed by atoms with Crippen LogP contribution < -0.4 is 19.1 Å². The normalized spacial score (nSPS) is 11.4. The predicted octanol–water partition coefficient (Wildman–Crippen LogP) is 4.57. The number of para-hydroxylation sites is 1. The molecule has 2 N–H and O–H groups in total. The average molecular weight is 552 g/mol. The van der Waals surface area contributed by atoms with Gasteiger partial charge < -0.3 is 10.1 Å². The van der Waals surface area contributed by atoms with Crippen LogP contribution in [0.5, 0.6) is 5.75 Å². The Kier molecular flexibility index (Phi) is 7.70. The molecule has 0 aliphatic rings. The molecule has 38 heavy (non-hydrogen) atoms. The zero-order chi connectivity index (χ0) is 27.3. The van der Waals surface area contributed by atoms with Crippen LogP contribution in [0.15, 0.2) is 113 Å². The van der Waals surface area contributed by atoms with E-state index in [0.29, 0.717) is 28.4 Å². The summed E-state index contributed by atoms with van der Waals surface area (Å²) < 4.78 is 59.8. The topological polar surface area (TPSA) is 122 Å². The van der Waals surface area contributed by atoms with E-state index in [-0.39, 0.29) is 9.79 Å². The standard InChI is InChI=1S/C27H25N3O6S2/c1-30(38(34,35)26-18-14-24(36-2)15-19-26)23-12-8-20(9-13-23)27(31)28-21-10-16-25(17-11-21)37(32,33)29-22-6-4-3-5-7-22/h3-19,29H,1-2H3,(H,28,31). The Morgan fingerprint density at radius 1 is 0.711 bits per heavy atom. The molecule has 11 heteroatoms. The number of rotatable bonds is 9. The Morgan fingerprint density at radius 3 is 1.87 bits per heavy atom. The number of amides is 1. The largest absolute Gasteiger partial charge is 0.497 e. The van der Waals surface area contributed by atoms with Crippen molar-refractivity contribution < 1.29 is 26.4 Å². The monoisotopic (exact) mass is 551 g/mol. The number of hydrogen-bond donors (Lipinski definition) is 2. The maximum atomic E-state index is 13.0. The number of hydrogen-bond acceptors (Lipinski definition) is 6. The Bertz CT molecular complexity index is 1620. The van der Waals surface area contributed by atoms with Crippen LogP contribution in [0.4, 0.5) is 17.1 Å². The van der Waals surface area contributed by atoms with E-state index >= 15 is 0 Å². The van der Waals surface area contributed by atoms with Gasteiger partial charge in [0.2, 0.25) is 0 Å². The number of nitrogens with zero attached hydrogens (tertiary/aromatic N) is 1. The van der Waals surface area contributed by atoms with Gasteiger partial charge in [-0.2, -0.15) is 0 Å². The summed E-state index contributed by atoms with van der Waals surface area (Å²) in [5.74, 6) is 0.109. The number of ether oxygens (including phenoxy) is 1. The van der Waals surface area contributed by atoms with Gasteiger partial charge in [0.1, 0.15) is 5.75 Å². The van der Waals surface area contributed by atoms with E-state index in [2.05, 4.69) is 10.0 Å². The van der Waals surface area contributed by atoms with Crippen molar-refractivity contribution >= 4 is 43.0 Å². The molecule has 0 saturated heterocycles. The molecule has 0 unspecified atom stereocenters. The third-order valence-electron chi connectivity index (χ3n) is 5.66. The van der Waals surface area contributed by atoms with Gasteiger partial charge >= 0.3 is 0 Å². The molecular weight excluding hydrogens is 526 g/mol. The summed E-state index contributed by atoms with van der Waals surface area (Å²) in [4.78, 5) is 12.9. The third kappa shape index (κ3) is 5.96. The first kappa shape index (κ1) is 26.7. The number of carbonyl (C=O) groups excluding carboxylic acids is 1. The summed E-state index contributed by atoms with van der Waals surface area (Å²) in [5, 5.41) is 2.70. The Labute approximate surface area is 221 Å². The fourth-order valence-electron chi connectivity index (χ4n) is 3.51. The highest BCUT2D eigenvalue weighted by molar-refractivity contribution is 7.93. The number of benzene rings is 4. The van der Waals surface area contributed by atoms with Crippen molar-refractivity contribution in [3.8, 4) is 5.75 Å². The summed E-state index contributed by atoms with van der Waals surface area (Å²) in [7, 11) is -4.67. The van der Waals surface area contributed by atoms with Crippen molar-refractivity contribution in [2.45, 2.75) is 9.79 Å². The smallest absolute Gasteiger partial charge is 0.264 e. The zero-order valence-corrected chi connectivity index (χ0v) is 22.2. The highest BCUT2D eigenvalue weighted by atomic mass is 32.2. The minimum absolute atomic E-state index is 0.0461. The van der Waals surface area contributed by atoms with Crippen LogP contribution in [0, 0.1) is 0 Å². The van der Waals surface area contributed by atoms with E-state index in [1.165, 1.54) is 74.8 Å². The van der Waals surface area contributed by atoms with Gasteiger partial charge in [0.25, 0.3) is 26.0 Å². The van der Waals surface area contributed by atoms with Crippen molar-refractivity contribution in [1.29, 1.82) is 0 Å². The van der Waals surface area contributed by atoms with Crippen LogP contribution in [0.1, 0.15) is 10.4 Å². The van der Waals surface area contributed by atoms with Gasteiger partial charge in [0, 0.05) is 24.0 Å². The number of sulfonamides is 2. The van der Waals surface area contributed by atoms with Crippen LogP contribution in [0.2, 0.25) is 0 Å². The second kappa shape index (κ2) is 11.0. The molecule has 0 saturated carbocycles. The summed E-state index contributed by atoms with van der Waals surface area (Å²) in [6.45, 7) is 0. The molecule has 9 nitrogen and oxygen atoms in total. The number of anilines is 3. The second-order valence-corrected chi connectivity index (χ2v) is 11.8. The van der Waals surface area contributed by atoms with Crippen LogP contribution >= 0.6 is 0 Å². The van der Waals surface area contributed by atoms with Gasteiger partial charge in [-0.05, 0) is 84.9 Å². The maximum absolute atomic E-state index is 13.0. The zero-order valence-electron chi connectivity index (χ0n) is 20.5. The number of methoxy groups -OCH3 is 1. The highest BCUT2D eigenvalue weighted by Gasteiger charge is 2.22. The van der Waals surface area contributed by atoms with Crippen molar-refractivity contribution in [3.63, 3.8) is 0 Å². The molecule has 0 fully saturated rings. The highest BCUT2D eigenvalue weighted by Crippen LogP contribution is 2.25. The minimum atomic E-state index is -3.81. The van der Waals surface area contributed by atoms with Crippen molar-refractivity contribution in [2.24, 2.45) is 0 Å². The molecule has 0 heterocycles. The van der Waals surface area contributed by atoms with E-state index in [0.717, 1.165) is 4.31 Å². The molecule has 0 bridgehead atoms. The van der Waals surface area contributed by atoms with Crippen LogP contribution in [-0.4, -0.2) is 36.9 Å². The predicted molar refractivity (Wildman–Crippen MR) is 147 cm³/mol. The van der Waals surface area contributed by atoms with E-state index in [4.69, 9.17) is 4.74 Å². The van der Waals surface area contributed by atoms with E-state index in [9.17, 15) is 21.6 Å². The molecule has 0 aliphatic carbocycles. The Hall–Kier alpha value is -4.35. The quantitative estimate of drug-likeness (QED) is 0.314. The molecule has 0 aliphatic heterocycles. The van der Waals surface area contributed by atoms with E-state index in [1.54, 1.807) is 42.5 Å². The first-order valence-electron chi connectivity index (χ1n) is 11.3. The lowest BCUT2D eigenvalue weighted by molar-refractivity contribution is 0.102. The third-order valence-corrected chi connectivity index (χ3v) is 8.86. The molecule has 0 radical (unpaired) electrons. The van der Waals surface area contributed by atoms with Gasteiger partial charge in [-0.25, -0.2) is 16.8 Å². The van der Waals surface area contributed by atoms with Crippen molar-refractivity contribution in [1.82, 2.24) is 0 Å². The molecular formula is C27H25N3O6S2. The van der Waals surface area contributed by atoms with Gasteiger partial charge in [-0.15, -0.1) is 0 Å². The summed E-state index contributed by atoms with van der Waals surface area (Å²) >= 11 is 0. The molecule has 196 valence electrons. The Morgan fingerprint density at radius 2 is 1.29 bits per heavy atom. The maximum Gasteiger partial charge on any atom is 0.264 e. The summed E-state index contributed by atoms with van der Waals surface area (Å²) in [6, 6.07) is 26.4. The van der Waals surface area contributed by atoms with Gasteiger partial charge in [-0.3, -0.25) is 13.8 Å².